The van der Waals surface area contributed by atoms with E-state index < -0.39 is 0 Å². The van der Waals surface area contributed by atoms with Crippen molar-refractivity contribution in [3.63, 3.8) is 0 Å². The van der Waals surface area contributed by atoms with Crippen LogP contribution >= 0.6 is 12.2 Å². The smallest absolute Gasteiger partial charge is 0.134 e. The van der Waals surface area contributed by atoms with E-state index in [1.807, 2.05) is 0 Å². The summed E-state index contributed by atoms with van der Waals surface area (Å²) in [6, 6.07) is 0.569. The van der Waals surface area contributed by atoms with Crippen molar-refractivity contribution in [3.8, 4) is 0 Å². The SMILES string of the molecule is CCCCCC(CCC)N[C]=S. The molecule has 0 aromatic rings. The van der Waals surface area contributed by atoms with E-state index in [0.717, 1.165) is 0 Å². The standard InChI is InChI=1S/C10H20NS/c1-3-5-6-8-10(7-4-2)11-9-12/h10H,3-8H2,1-2H3,(H,11,12). The average molecular weight is 186 g/mol. The van der Waals surface area contributed by atoms with Gasteiger partial charge in [0.1, 0.15) is 5.49 Å². The van der Waals surface area contributed by atoms with Gasteiger partial charge in [-0.05, 0) is 12.8 Å². The van der Waals surface area contributed by atoms with E-state index in [2.05, 4.69) is 36.9 Å². The number of nitrogens with one attached hydrogen (secondary N) is 1. The zero-order chi connectivity index (χ0) is 9.23. The molecule has 0 rings (SSSR count). The summed E-state index contributed by atoms with van der Waals surface area (Å²) >= 11 is 4.66. The van der Waals surface area contributed by atoms with E-state index >= 15 is 0 Å². The molecule has 0 spiro atoms. The maximum absolute atomic E-state index is 4.66. The third-order valence-corrected chi connectivity index (χ3v) is 2.17. The molecule has 71 valence electrons. The van der Waals surface area contributed by atoms with E-state index in [0.29, 0.717) is 6.04 Å². The third kappa shape index (κ3) is 6.59. The van der Waals surface area contributed by atoms with Crippen molar-refractivity contribution in [2.45, 2.75) is 58.4 Å². The number of unbranched alkanes of at least 4 members (excludes halogenated alkanes) is 2. The highest BCUT2D eigenvalue weighted by molar-refractivity contribution is 7.78. The van der Waals surface area contributed by atoms with E-state index in [1.54, 1.807) is 0 Å². The van der Waals surface area contributed by atoms with Crippen molar-refractivity contribution in [2.75, 3.05) is 0 Å². The van der Waals surface area contributed by atoms with Crippen molar-refractivity contribution >= 4 is 17.7 Å². The van der Waals surface area contributed by atoms with Crippen molar-refractivity contribution in [2.24, 2.45) is 0 Å². The predicted octanol–water partition coefficient (Wildman–Crippen LogP) is 3.16. The molecule has 0 saturated carbocycles. The van der Waals surface area contributed by atoms with Crippen LogP contribution in [0.3, 0.4) is 0 Å². The van der Waals surface area contributed by atoms with Crippen LogP contribution in [0.25, 0.3) is 0 Å². The molecule has 0 bridgehead atoms. The Hall–Kier alpha value is -0.110. The normalized spacial score (nSPS) is 12.5. The second kappa shape index (κ2) is 8.98. The lowest BCUT2D eigenvalue weighted by molar-refractivity contribution is 0.492. The van der Waals surface area contributed by atoms with Gasteiger partial charge in [0.25, 0.3) is 0 Å². The van der Waals surface area contributed by atoms with Gasteiger partial charge in [0.2, 0.25) is 0 Å². The minimum Gasteiger partial charge on any atom is -0.371 e. The van der Waals surface area contributed by atoms with Crippen LogP contribution in [-0.2, 0) is 0 Å². The van der Waals surface area contributed by atoms with E-state index in [-0.39, 0.29) is 0 Å². The molecule has 1 unspecified atom stereocenters. The Morgan fingerprint density at radius 2 is 1.92 bits per heavy atom. The zero-order valence-corrected chi connectivity index (χ0v) is 9.04. The quantitative estimate of drug-likeness (QED) is 0.355. The van der Waals surface area contributed by atoms with Gasteiger partial charge in [-0.3, -0.25) is 0 Å². The Morgan fingerprint density at radius 1 is 1.17 bits per heavy atom. The maximum atomic E-state index is 4.66. The molecule has 1 N–H and O–H groups in total. The molecule has 0 fully saturated rings. The van der Waals surface area contributed by atoms with Crippen molar-refractivity contribution in [1.29, 1.82) is 0 Å². The topological polar surface area (TPSA) is 12.0 Å². The monoisotopic (exact) mass is 186 g/mol. The summed E-state index contributed by atoms with van der Waals surface area (Å²) in [5.41, 5.74) is 2.61. The third-order valence-electron chi connectivity index (χ3n) is 2.06. The van der Waals surface area contributed by atoms with Crippen LogP contribution in [0.5, 0.6) is 0 Å². The van der Waals surface area contributed by atoms with Gasteiger partial charge in [0.15, 0.2) is 0 Å². The van der Waals surface area contributed by atoms with Crippen LogP contribution in [0.2, 0.25) is 0 Å². The zero-order valence-electron chi connectivity index (χ0n) is 8.23. The van der Waals surface area contributed by atoms with Gasteiger partial charge >= 0.3 is 0 Å². The summed E-state index contributed by atoms with van der Waals surface area (Å²) in [7, 11) is 0. The number of rotatable bonds is 8. The molecule has 1 radical (unpaired) electrons. The van der Waals surface area contributed by atoms with Crippen LogP contribution in [0.4, 0.5) is 0 Å². The van der Waals surface area contributed by atoms with Crippen molar-refractivity contribution in [1.82, 2.24) is 5.32 Å². The first-order valence-corrected chi connectivity index (χ1v) is 5.38. The minimum absolute atomic E-state index is 0.569. The first-order valence-electron chi connectivity index (χ1n) is 4.97. The van der Waals surface area contributed by atoms with Crippen LogP contribution in [0.1, 0.15) is 52.4 Å². The molecule has 0 aliphatic carbocycles. The Morgan fingerprint density at radius 3 is 2.42 bits per heavy atom. The number of thiocarbonyl (C=S) groups is 1. The first kappa shape index (κ1) is 11.9. The Labute approximate surface area is 81.9 Å². The van der Waals surface area contributed by atoms with Gasteiger partial charge in [-0.1, -0.05) is 51.7 Å². The van der Waals surface area contributed by atoms with Crippen LogP contribution in [0.15, 0.2) is 0 Å². The van der Waals surface area contributed by atoms with Crippen molar-refractivity contribution < 1.29 is 0 Å². The molecule has 1 nitrogen and oxygen atoms in total. The summed E-state index contributed by atoms with van der Waals surface area (Å²) in [4.78, 5) is 0. The van der Waals surface area contributed by atoms with Gasteiger partial charge in [-0.2, -0.15) is 0 Å². The molecule has 0 aromatic heterocycles. The molecule has 0 aliphatic heterocycles. The summed E-state index contributed by atoms with van der Waals surface area (Å²) in [5, 5.41) is 3.11. The highest BCUT2D eigenvalue weighted by Gasteiger charge is 2.03. The molecule has 0 heterocycles. The molecular formula is C10H20NS. The molecule has 0 amide bonds. The Balaban J connectivity index is 3.40. The van der Waals surface area contributed by atoms with E-state index in [1.165, 1.54) is 38.5 Å². The summed E-state index contributed by atoms with van der Waals surface area (Å²) in [6.07, 6.45) is 7.62. The van der Waals surface area contributed by atoms with E-state index in [4.69, 9.17) is 0 Å². The fraction of sp³-hybridized carbons (Fsp3) is 0.900. The van der Waals surface area contributed by atoms with Crippen LogP contribution < -0.4 is 5.32 Å². The van der Waals surface area contributed by atoms with Gasteiger partial charge < -0.3 is 5.32 Å². The molecule has 12 heavy (non-hydrogen) atoms. The Bertz CT molecular complexity index is 104. The first-order chi connectivity index (χ1) is 5.85. The summed E-state index contributed by atoms with van der Waals surface area (Å²) in [5.74, 6) is 0. The second-order valence-electron chi connectivity index (χ2n) is 3.23. The maximum Gasteiger partial charge on any atom is 0.134 e. The average Bonchev–Trinajstić information content (AvgIpc) is 2.06. The van der Waals surface area contributed by atoms with Crippen LogP contribution in [-0.4, -0.2) is 11.5 Å². The number of hydrogen-bond donors (Lipinski definition) is 1. The summed E-state index contributed by atoms with van der Waals surface area (Å²) < 4.78 is 0. The van der Waals surface area contributed by atoms with Gasteiger partial charge in [0, 0.05) is 6.04 Å². The van der Waals surface area contributed by atoms with Crippen molar-refractivity contribution in [3.05, 3.63) is 0 Å². The van der Waals surface area contributed by atoms with Gasteiger partial charge in [-0.15, -0.1) is 0 Å². The lowest BCUT2D eigenvalue weighted by Crippen LogP contribution is -2.26. The second-order valence-corrected chi connectivity index (χ2v) is 3.43. The minimum atomic E-state index is 0.569. The molecular weight excluding hydrogens is 166 g/mol. The molecule has 0 aromatic carbocycles. The van der Waals surface area contributed by atoms with E-state index in [9.17, 15) is 0 Å². The molecule has 2 heteroatoms. The Kier molecular flexibility index (Phi) is 8.90. The lowest BCUT2D eigenvalue weighted by atomic mass is 10.0. The molecule has 1 atom stereocenters. The number of hydrogen-bond acceptors (Lipinski definition) is 1. The summed E-state index contributed by atoms with van der Waals surface area (Å²) in [6.45, 7) is 4.44. The largest absolute Gasteiger partial charge is 0.371 e. The predicted molar refractivity (Wildman–Crippen MR) is 58.6 cm³/mol. The van der Waals surface area contributed by atoms with Crippen LogP contribution in [0, 0.1) is 0 Å². The van der Waals surface area contributed by atoms with Gasteiger partial charge in [0.05, 0.1) is 0 Å². The highest BCUT2D eigenvalue weighted by Crippen LogP contribution is 2.07. The lowest BCUT2D eigenvalue weighted by Gasteiger charge is -2.14. The fourth-order valence-corrected chi connectivity index (χ4v) is 1.53. The van der Waals surface area contributed by atoms with Gasteiger partial charge in [-0.25, -0.2) is 0 Å². The highest BCUT2D eigenvalue weighted by atomic mass is 32.1. The molecule has 0 saturated heterocycles. The molecule has 0 aliphatic rings. The fourth-order valence-electron chi connectivity index (χ4n) is 1.36.